The molecule has 0 amide bonds. The van der Waals surface area contributed by atoms with Gasteiger partial charge >= 0.3 is 0 Å². The average Bonchev–Trinajstić information content (AvgIpc) is 3.12. The van der Waals surface area contributed by atoms with Gasteiger partial charge in [0.25, 0.3) is 0 Å². The topological polar surface area (TPSA) is 55.7 Å². The largest absolute Gasteiger partial charge is 0.454 e. The summed E-state index contributed by atoms with van der Waals surface area (Å²) in [4.78, 5) is 4.45. The first kappa shape index (κ1) is 12.2. The van der Waals surface area contributed by atoms with Gasteiger partial charge in [0, 0.05) is 0 Å². The van der Waals surface area contributed by atoms with E-state index in [9.17, 15) is 0 Å². The Morgan fingerprint density at radius 1 is 1.14 bits per heavy atom. The number of aromatic nitrogens is 1. The molecule has 6 heteroatoms. The molecule has 0 aliphatic carbocycles. The summed E-state index contributed by atoms with van der Waals surface area (Å²) in [5.74, 6) is 1.52. The predicted octanol–water partition coefficient (Wildman–Crippen LogP) is 3.47. The first-order valence-corrected chi connectivity index (χ1v) is 7.24. The number of rotatable bonds is 3. The molecule has 1 aliphatic rings. The number of benzene rings is 2. The Labute approximate surface area is 124 Å². The summed E-state index contributed by atoms with van der Waals surface area (Å²) in [6.45, 7) is 0.278. The first-order valence-electron chi connectivity index (χ1n) is 6.43. The van der Waals surface area contributed by atoms with E-state index in [-0.39, 0.29) is 6.79 Å². The molecule has 0 bridgehead atoms. The van der Waals surface area contributed by atoms with Gasteiger partial charge in [0.1, 0.15) is 0 Å². The number of hydrazone groups is 1. The van der Waals surface area contributed by atoms with Gasteiger partial charge in [-0.1, -0.05) is 23.5 Å². The number of nitrogens with zero attached hydrogens (tertiary/aromatic N) is 2. The molecular formula is C15H11N3O2S. The molecule has 0 spiro atoms. The van der Waals surface area contributed by atoms with Gasteiger partial charge in [-0.2, -0.15) is 5.10 Å². The smallest absolute Gasteiger partial charge is 0.231 e. The van der Waals surface area contributed by atoms with Crippen molar-refractivity contribution < 1.29 is 9.47 Å². The Balaban J connectivity index is 1.50. The highest BCUT2D eigenvalue weighted by molar-refractivity contribution is 7.22. The molecule has 0 fully saturated rings. The van der Waals surface area contributed by atoms with Gasteiger partial charge < -0.3 is 9.47 Å². The number of ether oxygens (including phenoxy) is 2. The average molecular weight is 297 g/mol. The number of para-hydroxylation sites is 1. The zero-order valence-electron chi connectivity index (χ0n) is 10.9. The van der Waals surface area contributed by atoms with Gasteiger partial charge in [0.2, 0.25) is 11.9 Å². The fourth-order valence-corrected chi connectivity index (χ4v) is 2.89. The number of anilines is 1. The summed E-state index contributed by atoms with van der Waals surface area (Å²) >= 11 is 1.57. The second kappa shape index (κ2) is 5.06. The number of fused-ring (bicyclic) bond motifs is 2. The normalized spacial score (nSPS) is 13.1. The van der Waals surface area contributed by atoms with Gasteiger partial charge in [-0.05, 0) is 35.9 Å². The SMILES string of the molecule is C(=N/Nc1nc2ccccc2s1)/c1ccc2c(c1)OCO2. The third-order valence-corrected chi connectivity index (χ3v) is 4.01. The number of nitrogens with one attached hydrogen (secondary N) is 1. The monoisotopic (exact) mass is 297 g/mol. The van der Waals surface area contributed by atoms with Crippen molar-refractivity contribution in [1.29, 1.82) is 0 Å². The molecule has 1 aliphatic heterocycles. The molecule has 0 saturated carbocycles. The molecular weight excluding hydrogens is 286 g/mol. The van der Waals surface area contributed by atoms with E-state index in [1.165, 1.54) is 0 Å². The van der Waals surface area contributed by atoms with Gasteiger partial charge in [-0.15, -0.1) is 0 Å². The van der Waals surface area contributed by atoms with Crippen molar-refractivity contribution in [2.75, 3.05) is 12.2 Å². The lowest BCUT2D eigenvalue weighted by Gasteiger charge is -1.97. The third-order valence-electron chi connectivity index (χ3n) is 3.06. The van der Waals surface area contributed by atoms with Crippen molar-refractivity contribution in [2.45, 2.75) is 0 Å². The fraction of sp³-hybridized carbons (Fsp3) is 0.0667. The van der Waals surface area contributed by atoms with E-state index in [2.05, 4.69) is 15.5 Å². The standard InChI is InChI=1S/C15H11N3O2S/c1-2-4-14-11(3-1)17-15(21-14)18-16-8-10-5-6-12-13(7-10)20-9-19-12/h1-8H,9H2,(H,17,18)/b16-8-. The summed E-state index contributed by atoms with van der Waals surface area (Å²) in [7, 11) is 0. The van der Waals surface area contributed by atoms with Gasteiger partial charge in [0.15, 0.2) is 11.5 Å². The molecule has 0 saturated heterocycles. The van der Waals surface area contributed by atoms with Crippen molar-refractivity contribution in [1.82, 2.24) is 4.98 Å². The van der Waals surface area contributed by atoms with Gasteiger partial charge in [-0.25, -0.2) is 4.98 Å². The predicted molar refractivity (Wildman–Crippen MR) is 83.4 cm³/mol. The summed E-state index contributed by atoms with van der Waals surface area (Å²) in [5.41, 5.74) is 4.87. The summed E-state index contributed by atoms with van der Waals surface area (Å²) < 4.78 is 11.7. The lowest BCUT2D eigenvalue weighted by molar-refractivity contribution is 0.174. The Bertz CT molecular complexity index is 796. The third kappa shape index (κ3) is 2.41. The molecule has 0 unspecified atom stereocenters. The zero-order valence-corrected chi connectivity index (χ0v) is 11.8. The number of hydrogen-bond acceptors (Lipinski definition) is 6. The van der Waals surface area contributed by atoms with E-state index in [0.29, 0.717) is 0 Å². The maximum Gasteiger partial charge on any atom is 0.231 e. The van der Waals surface area contributed by atoms with E-state index in [0.717, 1.165) is 32.4 Å². The van der Waals surface area contributed by atoms with Crippen molar-refractivity contribution in [3.63, 3.8) is 0 Å². The first-order chi connectivity index (χ1) is 10.4. The Morgan fingerprint density at radius 2 is 2.05 bits per heavy atom. The Kier molecular flexibility index (Phi) is 2.93. The highest BCUT2D eigenvalue weighted by Crippen LogP contribution is 2.32. The highest BCUT2D eigenvalue weighted by Gasteiger charge is 2.12. The summed E-state index contributed by atoms with van der Waals surface area (Å²) in [6.07, 6.45) is 1.73. The molecule has 2 aromatic carbocycles. The van der Waals surface area contributed by atoms with E-state index >= 15 is 0 Å². The molecule has 3 aromatic rings. The Hall–Kier alpha value is -2.60. The van der Waals surface area contributed by atoms with Crippen LogP contribution in [0.25, 0.3) is 10.2 Å². The lowest BCUT2D eigenvalue weighted by atomic mass is 10.2. The minimum atomic E-state index is 0.278. The van der Waals surface area contributed by atoms with Crippen LogP contribution in [-0.2, 0) is 0 Å². The molecule has 1 N–H and O–H groups in total. The van der Waals surface area contributed by atoms with Crippen molar-refractivity contribution in [3.05, 3.63) is 48.0 Å². The van der Waals surface area contributed by atoms with E-state index in [4.69, 9.17) is 9.47 Å². The van der Waals surface area contributed by atoms with Crippen LogP contribution < -0.4 is 14.9 Å². The molecule has 5 nitrogen and oxygen atoms in total. The van der Waals surface area contributed by atoms with Crippen LogP contribution in [-0.4, -0.2) is 18.0 Å². The second-order valence-electron chi connectivity index (χ2n) is 4.47. The van der Waals surface area contributed by atoms with E-state index in [1.54, 1.807) is 17.6 Å². The van der Waals surface area contributed by atoms with Crippen molar-refractivity contribution in [2.24, 2.45) is 5.10 Å². The highest BCUT2D eigenvalue weighted by atomic mass is 32.1. The summed E-state index contributed by atoms with van der Waals surface area (Å²) in [5, 5.41) is 4.98. The van der Waals surface area contributed by atoms with Gasteiger partial charge in [-0.3, -0.25) is 5.43 Å². The molecule has 21 heavy (non-hydrogen) atoms. The number of hydrogen-bond donors (Lipinski definition) is 1. The van der Waals surface area contributed by atoms with Crippen LogP contribution in [0.15, 0.2) is 47.6 Å². The molecule has 104 valence electrons. The number of thiazole rings is 1. The van der Waals surface area contributed by atoms with Crippen LogP contribution in [0, 0.1) is 0 Å². The van der Waals surface area contributed by atoms with Crippen LogP contribution in [0.1, 0.15) is 5.56 Å². The molecule has 4 rings (SSSR count). The zero-order chi connectivity index (χ0) is 14.1. The maximum absolute atomic E-state index is 5.33. The van der Waals surface area contributed by atoms with Gasteiger partial charge in [0.05, 0.1) is 16.4 Å². The molecule has 1 aromatic heterocycles. The van der Waals surface area contributed by atoms with Crippen LogP contribution >= 0.6 is 11.3 Å². The second-order valence-corrected chi connectivity index (χ2v) is 5.50. The van der Waals surface area contributed by atoms with Crippen LogP contribution in [0.3, 0.4) is 0 Å². The minimum absolute atomic E-state index is 0.278. The van der Waals surface area contributed by atoms with E-state index < -0.39 is 0 Å². The molecule has 0 atom stereocenters. The minimum Gasteiger partial charge on any atom is -0.454 e. The molecule has 0 radical (unpaired) electrons. The van der Waals surface area contributed by atoms with Crippen LogP contribution in [0.4, 0.5) is 5.13 Å². The van der Waals surface area contributed by atoms with Crippen LogP contribution in [0.2, 0.25) is 0 Å². The van der Waals surface area contributed by atoms with Crippen molar-refractivity contribution in [3.8, 4) is 11.5 Å². The lowest BCUT2D eigenvalue weighted by Crippen LogP contribution is -1.93. The summed E-state index contributed by atoms with van der Waals surface area (Å²) in [6, 6.07) is 13.7. The van der Waals surface area contributed by atoms with Crippen LogP contribution in [0.5, 0.6) is 11.5 Å². The maximum atomic E-state index is 5.33. The molecule has 2 heterocycles. The quantitative estimate of drug-likeness (QED) is 0.594. The van der Waals surface area contributed by atoms with E-state index in [1.807, 2.05) is 42.5 Å². The van der Waals surface area contributed by atoms with Crippen molar-refractivity contribution >= 4 is 32.9 Å². The Morgan fingerprint density at radius 3 is 3.00 bits per heavy atom. The fourth-order valence-electron chi connectivity index (χ4n) is 2.08.